The number of aryl methyl sites for hydroxylation is 1. The van der Waals surface area contributed by atoms with Crippen molar-refractivity contribution in [3.8, 4) is 5.75 Å². The molecular formula is C17H20N2O2S. The largest absolute Gasteiger partial charge is 0.486 e. The van der Waals surface area contributed by atoms with Crippen LogP contribution in [0.4, 0.5) is 0 Å². The lowest BCUT2D eigenvalue weighted by Gasteiger charge is -2.04. The molecule has 2 aromatic rings. The monoisotopic (exact) mass is 316 g/mol. The van der Waals surface area contributed by atoms with Crippen LogP contribution in [0.15, 0.2) is 29.6 Å². The molecule has 0 saturated heterocycles. The summed E-state index contributed by atoms with van der Waals surface area (Å²) in [5.41, 5.74) is 2.12. The zero-order valence-electron chi connectivity index (χ0n) is 12.7. The van der Waals surface area contributed by atoms with Crippen molar-refractivity contribution in [3.05, 3.63) is 45.9 Å². The third-order valence-electron chi connectivity index (χ3n) is 3.58. The van der Waals surface area contributed by atoms with Crippen LogP contribution >= 0.6 is 11.3 Å². The van der Waals surface area contributed by atoms with Gasteiger partial charge in [-0.25, -0.2) is 4.98 Å². The molecule has 1 N–H and O–H groups in total. The van der Waals surface area contributed by atoms with Gasteiger partial charge in [0.05, 0.1) is 12.1 Å². The summed E-state index contributed by atoms with van der Waals surface area (Å²) in [7, 11) is 0. The second kappa shape index (κ2) is 6.92. The second-order valence-electron chi connectivity index (χ2n) is 5.54. The number of aromatic nitrogens is 1. The van der Waals surface area contributed by atoms with E-state index in [0.29, 0.717) is 19.1 Å². The van der Waals surface area contributed by atoms with Crippen molar-refractivity contribution < 1.29 is 9.53 Å². The van der Waals surface area contributed by atoms with Crippen LogP contribution < -0.4 is 10.1 Å². The van der Waals surface area contributed by atoms with Gasteiger partial charge in [-0.3, -0.25) is 4.79 Å². The summed E-state index contributed by atoms with van der Waals surface area (Å²) in [5, 5.41) is 5.81. The Bertz CT molecular complexity index is 632. The number of nitrogens with zero attached hydrogens (tertiary/aromatic N) is 1. The fourth-order valence-electron chi connectivity index (χ4n) is 2.13. The van der Waals surface area contributed by atoms with Gasteiger partial charge in [0.2, 0.25) is 5.91 Å². The first-order chi connectivity index (χ1) is 10.7. The van der Waals surface area contributed by atoms with Gasteiger partial charge >= 0.3 is 0 Å². The van der Waals surface area contributed by atoms with Crippen LogP contribution in [0.1, 0.15) is 36.0 Å². The lowest BCUT2D eigenvalue weighted by atomic mass is 10.2. The van der Waals surface area contributed by atoms with Gasteiger partial charge in [0, 0.05) is 11.4 Å². The third-order valence-corrected chi connectivity index (χ3v) is 4.45. The number of rotatable bonds is 7. The van der Waals surface area contributed by atoms with E-state index in [-0.39, 0.29) is 5.91 Å². The molecule has 1 aliphatic rings. The molecule has 1 saturated carbocycles. The van der Waals surface area contributed by atoms with Gasteiger partial charge in [0.25, 0.3) is 0 Å². The third kappa shape index (κ3) is 4.31. The topological polar surface area (TPSA) is 51.2 Å². The summed E-state index contributed by atoms with van der Waals surface area (Å²) < 4.78 is 5.73. The van der Waals surface area contributed by atoms with Crippen LogP contribution in [0.3, 0.4) is 0 Å². The average Bonchev–Trinajstić information content (AvgIpc) is 3.23. The molecule has 0 unspecified atom stereocenters. The maximum atomic E-state index is 11.7. The minimum atomic E-state index is 0.0652. The summed E-state index contributed by atoms with van der Waals surface area (Å²) in [6.07, 6.45) is 3.61. The van der Waals surface area contributed by atoms with Crippen LogP contribution in [-0.2, 0) is 24.2 Å². The Morgan fingerprint density at radius 2 is 2.14 bits per heavy atom. The molecule has 1 aliphatic carbocycles. The molecule has 5 heteroatoms. The highest BCUT2D eigenvalue weighted by Crippen LogP contribution is 2.19. The zero-order chi connectivity index (χ0) is 15.4. The van der Waals surface area contributed by atoms with Gasteiger partial charge < -0.3 is 10.1 Å². The number of carbonyl (C=O) groups excluding carboxylic acids is 1. The summed E-state index contributed by atoms with van der Waals surface area (Å²) in [4.78, 5) is 16.2. The Kier molecular flexibility index (Phi) is 4.73. The summed E-state index contributed by atoms with van der Waals surface area (Å²) >= 11 is 1.54. The lowest BCUT2D eigenvalue weighted by molar-refractivity contribution is -0.120. The van der Waals surface area contributed by atoms with Crippen LogP contribution in [0.2, 0.25) is 0 Å². The molecule has 0 radical (unpaired) electrons. The van der Waals surface area contributed by atoms with E-state index in [4.69, 9.17) is 4.74 Å². The Hall–Kier alpha value is -1.88. The smallest absolute Gasteiger partial charge is 0.226 e. The summed E-state index contributed by atoms with van der Waals surface area (Å²) in [5.74, 6) is 0.913. The van der Waals surface area contributed by atoms with E-state index in [1.165, 1.54) is 16.9 Å². The molecule has 1 fully saturated rings. The normalized spacial score (nSPS) is 13.9. The number of thiazole rings is 1. The number of carbonyl (C=O) groups is 1. The zero-order valence-corrected chi connectivity index (χ0v) is 13.5. The molecule has 1 aromatic carbocycles. The summed E-state index contributed by atoms with van der Waals surface area (Å²) in [6, 6.07) is 8.52. The number of amides is 1. The molecule has 22 heavy (non-hydrogen) atoms. The highest BCUT2D eigenvalue weighted by Gasteiger charge is 2.23. The minimum Gasteiger partial charge on any atom is -0.486 e. The number of hydrogen-bond donors (Lipinski definition) is 1. The first-order valence-corrected chi connectivity index (χ1v) is 8.55. The van der Waals surface area contributed by atoms with Gasteiger partial charge in [-0.2, -0.15) is 0 Å². The molecule has 0 aliphatic heterocycles. The van der Waals surface area contributed by atoms with Gasteiger partial charge in [0.1, 0.15) is 17.4 Å². The molecule has 0 atom stereocenters. The van der Waals surface area contributed by atoms with Crippen molar-refractivity contribution in [3.63, 3.8) is 0 Å². The van der Waals surface area contributed by atoms with E-state index in [0.717, 1.165) is 35.7 Å². The van der Waals surface area contributed by atoms with E-state index in [1.54, 1.807) is 0 Å². The molecule has 0 bridgehead atoms. The molecule has 4 nitrogen and oxygen atoms in total. The van der Waals surface area contributed by atoms with Gasteiger partial charge in [-0.15, -0.1) is 11.3 Å². The number of benzene rings is 1. The van der Waals surface area contributed by atoms with Crippen LogP contribution in [0.5, 0.6) is 5.75 Å². The fraction of sp³-hybridized carbons (Fsp3) is 0.412. The molecule has 116 valence electrons. The number of hydrogen-bond acceptors (Lipinski definition) is 4. The summed E-state index contributed by atoms with van der Waals surface area (Å²) in [6.45, 7) is 2.58. The van der Waals surface area contributed by atoms with E-state index >= 15 is 0 Å². The maximum absolute atomic E-state index is 11.7. The molecule has 1 amide bonds. The average molecular weight is 316 g/mol. The Balaban J connectivity index is 1.49. The van der Waals surface area contributed by atoms with E-state index < -0.39 is 0 Å². The van der Waals surface area contributed by atoms with Gasteiger partial charge in [-0.1, -0.05) is 19.1 Å². The Morgan fingerprint density at radius 3 is 2.82 bits per heavy atom. The molecular weight excluding hydrogens is 296 g/mol. The van der Waals surface area contributed by atoms with E-state index in [1.807, 2.05) is 17.5 Å². The highest BCUT2D eigenvalue weighted by atomic mass is 32.1. The predicted molar refractivity (Wildman–Crippen MR) is 87.1 cm³/mol. The van der Waals surface area contributed by atoms with Crippen molar-refractivity contribution >= 4 is 17.2 Å². The number of nitrogens with one attached hydrogen (secondary N) is 1. The van der Waals surface area contributed by atoms with E-state index in [2.05, 4.69) is 29.4 Å². The van der Waals surface area contributed by atoms with Crippen molar-refractivity contribution in [2.75, 3.05) is 0 Å². The standard InChI is InChI=1S/C17H20N2O2S/c1-2-12-3-7-15(8-4-12)21-10-17-19-14(11-22-17)9-16(20)18-13-5-6-13/h3-4,7-8,11,13H,2,5-6,9-10H2,1H3,(H,18,20). The quantitative estimate of drug-likeness (QED) is 0.854. The van der Waals surface area contributed by atoms with Crippen LogP contribution in [-0.4, -0.2) is 16.9 Å². The number of ether oxygens (including phenoxy) is 1. The molecule has 0 spiro atoms. The molecule has 1 heterocycles. The van der Waals surface area contributed by atoms with Gasteiger partial charge in [-0.05, 0) is 37.0 Å². The van der Waals surface area contributed by atoms with E-state index in [9.17, 15) is 4.79 Å². The highest BCUT2D eigenvalue weighted by molar-refractivity contribution is 7.09. The first kappa shape index (κ1) is 15.0. The van der Waals surface area contributed by atoms with Crippen LogP contribution in [0, 0.1) is 0 Å². The Labute approximate surface area is 134 Å². The van der Waals surface area contributed by atoms with Crippen molar-refractivity contribution in [2.45, 2.75) is 45.3 Å². The minimum absolute atomic E-state index is 0.0652. The fourth-order valence-corrected chi connectivity index (χ4v) is 2.84. The van der Waals surface area contributed by atoms with Gasteiger partial charge in [0.15, 0.2) is 0 Å². The Morgan fingerprint density at radius 1 is 1.36 bits per heavy atom. The molecule has 1 aromatic heterocycles. The predicted octanol–water partition coefficient (Wildman–Crippen LogP) is 3.11. The second-order valence-corrected chi connectivity index (χ2v) is 6.48. The lowest BCUT2D eigenvalue weighted by Crippen LogP contribution is -2.27. The van der Waals surface area contributed by atoms with Crippen molar-refractivity contribution in [2.24, 2.45) is 0 Å². The van der Waals surface area contributed by atoms with Crippen molar-refractivity contribution in [1.82, 2.24) is 10.3 Å². The first-order valence-electron chi connectivity index (χ1n) is 7.67. The SMILES string of the molecule is CCc1ccc(OCc2nc(CC(=O)NC3CC3)cs2)cc1. The molecule has 3 rings (SSSR count). The van der Waals surface area contributed by atoms with Crippen molar-refractivity contribution in [1.29, 1.82) is 0 Å². The van der Waals surface area contributed by atoms with Crippen LogP contribution in [0.25, 0.3) is 0 Å². The maximum Gasteiger partial charge on any atom is 0.226 e.